The third kappa shape index (κ3) is 3.42. The van der Waals surface area contributed by atoms with E-state index in [1.807, 2.05) is 0 Å². The monoisotopic (exact) mass is 257 g/mol. The molecule has 4 N–H and O–H groups in total. The van der Waals surface area contributed by atoms with Crippen molar-refractivity contribution in [3.8, 4) is 0 Å². The lowest BCUT2D eigenvalue weighted by molar-refractivity contribution is -0.118. The van der Waals surface area contributed by atoms with Crippen molar-refractivity contribution in [1.29, 1.82) is 0 Å². The number of hydrogen-bond acceptors (Lipinski definition) is 5. The van der Waals surface area contributed by atoms with Crippen LogP contribution in [0.3, 0.4) is 0 Å². The van der Waals surface area contributed by atoms with Crippen LogP contribution in [0.2, 0.25) is 0 Å². The predicted octanol–water partition coefficient (Wildman–Crippen LogP) is 1.22. The van der Waals surface area contributed by atoms with Gasteiger partial charge in [-0.05, 0) is 32.3 Å². The number of aromatic nitrogens is 1. The van der Waals surface area contributed by atoms with Crippen LogP contribution in [-0.4, -0.2) is 26.9 Å². The molecule has 1 amide bonds. The van der Waals surface area contributed by atoms with Crippen LogP contribution in [0.1, 0.15) is 36.3 Å². The molecular formula is C10H15N3O3S. The van der Waals surface area contributed by atoms with E-state index in [-0.39, 0.29) is 12.0 Å². The zero-order valence-electron chi connectivity index (χ0n) is 9.90. The van der Waals surface area contributed by atoms with Crippen molar-refractivity contribution in [2.75, 3.05) is 5.32 Å². The zero-order chi connectivity index (χ0) is 13.2. The Morgan fingerprint density at radius 2 is 2.12 bits per heavy atom. The molecule has 6 nitrogen and oxygen atoms in total. The van der Waals surface area contributed by atoms with Crippen molar-refractivity contribution >= 4 is 28.4 Å². The van der Waals surface area contributed by atoms with Gasteiger partial charge in [0.1, 0.15) is 10.6 Å². The topological polar surface area (TPSA) is 105 Å². The molecule has 1 aromatic heterocycles. The summed E-state index contributed by atoms with van der Waals surface area (Å²) in [6, 6.07) is 0. The number of primary amides is 1. The van der Waals surface area contributed by atoms with Crippen LogP contribution in [0.25, 0.3) is 0 Å². The van der Waals surface area contributed by atoms with Crippen LogP contribution in [0.4, 0.5) is 5.00 Å². The molecule has 17 heavy (non-hydrogen) atoms. The average Bonchev–Trinajstić information content (AvgIpc) is 2.43. The summed E-state index contributed by atoms with van der Waals surface area (Å²) in [4.78, 5) is 21.9. The maximum absolute atomic E-state index is 11.0. The number of aryl methyl sites for hydroxylation is 1. The summed E-state index contributed by atoms with van der Waals surface area (Å²) in [6.07, 6.45) is 0.114. The molecule has 0 aromatic carbocycles. The Morgan fingerprint density at radius 3 is 2.59 bits per heavy atom. The summed E-state index contributed by atoms with van der Waals surface area (Å²) < 4.78 is 3.98. The minimum absolute atomic E-state index is 0.114. The number of amides is 1. The second-order valence-electron chi connectivity index (χ2n) is 4.43. The molecule has 1 aromatic rings. The van der Waals surface area contributed by atoms with Crippen LogP contribution in [0.5, 0.6) is 0 Å². The predicted molar refractivity (Wildman–Crippen MR) is 65.3 cm³/mol. The lowest BCUT2D eigenvalue weighted by atomic mass is 10.0. The van der Waals surface area contributed by atoms with E-state index in [4.69, 9.17) is 10.8 Å². The number of carbonyl (C=O) groups is 2. The molecule has 1 heterocycles. The van der Waals surface area contributed by atoms with Gasteiger partial charge in [0.2, 0.25) is 5.91 Å². The van der Waals surface area contributed by atoms with Gasteiger partial charge in [-0.25, -0.2) is 4.79 Å². The summed E-state index contributed by atoms with van der Waals surface area (Å²) in [5, 5.41) is 12.5. The van der Waals surface area contributed by atoms with E-state index < -0.39 is 17.4 Å². The molecule has 0 saturated carbocycles. The minimum Gasteiger partial charge on any atom is -0.478 e. The molecule has 0 bridgehead atoms. The standard InChI is InChI=1S/C10H15N3O3S/c1-5-7(9(15)16)8(17-13-5)12-10(2,3)4-6(11)14/h12H,4H2,1-3H3,(H2,11,14)(H,15,16). The van der Waals surface area contributed by atoms with Gasteiger partial charge in [0.25, 0.3) is 0 Å². The SMILES string of the molecule is Cc1nsc(NC(C)(C)CC(N)=O)c1C(=O)O. The normalized spacial score (nSPS) is 11.2. The first-order chi connectivity index (χ1) is 7.73. The summed E-state index contributed by atoms with van der Waals surface area (Å²) in [7, 11) is 0. The lowest BCUT2D eigenvalue weighted by Gasteiger charge is -2.25. The van der Waals surface area contributed by atoms with E-state index >= 15 is 0 Å². The molecule has 0 spiro atoms. The number of nitrogens with two attached hydrogens (primary N) is 1. The van der Waals surface area contributed by atoms with Gasteiger partial charge >= 0.3 is 5.97 Å². The number of carboxylic acids is 1. The molecule has 7 heteroatoms. The molecule has 0 aliphatic heterocycles. The van der Waals surface area contributed by atoms with E-state index in [2.05, 4.69) is 9.69 Å². The van der Waals surface area contributed by atoms with Gasteiger partial charge < -0.3 is 16.2 Å². The van der Waals surface area contributed by atoms with E-state index in [1.165, 1.54) is 0 Å². The number of nitrogens with zero attached hydrogens (tertiary/aromatic N) is 1. The maximum atomic E-state index is 11.0. The Kier molecular flexibility index (Phi) is 3.72. The Bertz CT molecular complexity index is 454. The number of carboxylic acid groups (broad SMARTS) is 1. The van der Waals surface area contributed by atoms with Crippen molar-refractivity contribution in [2.24, 2.45) is 5.73 Å². The number of carbonyl (C=O) groups excluding carboxylic acids is 1. The van der Waals surface area contributed by atoms with Crippen molar-refractivity contribution in [1.82, 2.24) is 4.37 Å². The first-order valence-corrected chi connectivity index (χ1v) is 5.76. The molecule has 0 atom stereocenters. The fourth-order valence-electron chi connectivity index (χ4n) is 1.49. The van der Waals surface area contributed by atoms with Gasteiger partial charge in [0.05, 0.1) is 5.69 Å². The number of anilines is 1. The highest BCUT2D eigenvalue weighted by atomic mass is 32.1. The number of aromatic carboxylic acids is 1. The van der Waals surface area contributed by atoms with Gasteiger partial charge in [0.15, 0.2) is 0 Å². The first kappa shape index (κ1) is 13.4. The smallest absolute Gasteiger partial charge is 0.340 e. The average molecular weight is 257 g/mol. The first-order valence-electron chi connectivity index (χ1n) is 4.99. The highest BCUT2D eigenvalue weighted by molar-refractivity contribution is 7.10. The van der Waals surface area contributed by atoms with Crippen LogP contribution >= 0.6 is 11.5 Å². The second kappa shape index (κ2) is 4.70. The maximum Gasteiger partial charge on any atom is 0.340 e. The summed E-state index contributed by atoms with van der Waals surface area (Å²) in [5.74, 6) is -1.48. The molecule has 0 fully saturated rings. The Hall–Kier alpha value is -1.63. The van der Waals surface area contributed by atoms with Crippen molar-refractivity contribution in [3.05, 3.63) is 11.3 Å². The van der Waals surface area contributed by atoms with E-state index in [0.717, 1.165) is 11.5 Å². The van der Waals surface area contributed by atoms with Crippen LogP contribution in [0, 0.1) is 6.92 Å². The highest BCUT2D eigenvalue weighted by Crippen LogP contribution is 2.28. The van der Waals surface area contributed by atoms with Crippen LogP contribution < -0.4 is 11.1 Å². The summed E-state index contributed by atoms with van der Waals surface area (Å²) >= 11 is 1.06. The summed E-state index contributed by atoms with van der Waals surface area (Å²) in [6.45, 7) is 5.18. The van der Waals surface area contributed by atoms with Crippen LogP contribution in [0.15, 0.2) is 0 Å². The van der Waals surface area contributed by atoms with Crippen molar-refractivity contribution < 1.29 is 14.7 Å². The number of nitrogens with one attached hydrogen (secondary N) is 1. The Labute approximate surface area is 103 Å². The van der Waals surface area contributed by atoms with Gasteiger partial charge in [-0.2, -0.15) is 4.37 Å². The van der Waals surface area contributed by atoms with Crippen molar-refractivity contribution in [2.45, 2.75) is 32.7 Å². The van der Waals surface area contributed by atoms with E-state index in [0.29, 0.717) is 10.7 Å². The minimum atomic E-state index is -1.03. The Balaban J connectivity index is 2.95. The largest absolute Gasteiger partial charge is 0.478 e. The van der Waals surface area contributed by atoms with Gasteiger partial charge in [-0.3, -0.25) is 4.79 Å². The fraction of sp³-hybridized carbons (Fsp3) is 0.500. The quantitative estimate of drug-likeness (QED) is 0.735. The molecule has 0 aliphatic carbocycles. The highest BCUT2D eigenvalue weighted by Gasteiger charge is 2.25. The number of hydrogen-bond donors (Lipinski definition) is 3. The fourth-order valence-corrected chi connectivity index (χ4v) is 2.46. The van der Waals surface area contributed by atoms with E-state index in [9.17, 15) is 9.59 Å². The molecular weight excluding hydrogens is 242 g/mol. The van der Waals surface area contributed by atoms with E-state index in [1.54, 1.807) is 20.8 Å². The third-order valence-corrected chi connectivity index (χ3v) is 3.00. The molecule has 0 radical (unpaired) electrons. The number of rotatable bonds is 5. The molecule has 0 saturated heterocycles. The zero-order valence-corrected chi connectivity index (χ0v) is 10.7. The Morgan fingerprint density at radius 1 is 1.53 bits per heavy atom. The molecule has 0 unspecified atom stereocenters. The summed E-state index contributed by atoms with van der Waals surface area (Å²) in [5.41, 5.74) is 5.13. The van der Waals surface area contributed by atoms with Crippen molar-refractivity contribution in [3.63, 3.8) is 0 Å². The second-order valence-corrected chi connectivity index (χ2v) is 5.20. The van der Waals surface area contributed by atoms with Gasteiger partial charge in [-0.1, -0.05) is 0 Å². The molecule has 1 rings (SSSR count). The molecule has 0 aliphatic rings. The lowest BCUT2D eigenvalue weighted by Crippen LogP contribution is -2.36. The van der Waals surface area contributed by atoms with Gasteiger partial charge in [0, 0.05) is 12.0 Å². The van der Waals surface area contributed by atoms with Gasteiger partial charge in [-0.15, -0.1) is 0 Å². The molecule has 94 valence electrons. The third-order valence-electron chi connectivity index (χ3n) is 2.14. The van der Waals surface area contributed by atoms with Crippen LogP contribution in [-0.2, 0) is 4.79 Å².